The first-order chi connectivity index (χ1) is 11.8. The van der Waals surface area contributed by atoms with Gasteiger partial charge in [0.15, 0.2) is 0 Å². The van der Waals surface area contributed by atoms with Gasteiger partial charge in [-0.1, -0.05) is 11.6 Å². The summed E-state index contributed by atoms with van der Waals surface area (Å²) in [6, 6.07) is 2.79. The highest BCUT2D eigenvalue weighted by molar-refractivity contribution is 6.31. The Balaban J connectivity index is 2.21. The van der Waals surface area contributed by atoms with E-state index in [9.17, 15) is 19.5 Å². The van der Waals surface area contributed by atoms with E-state index in [2.05, 4.69) is 10.6 Å². The lowest BCUT2D eigenvalue weighted by Crippen LogP contribution is -2.50. The van der Waals surface area contributed by atoms with Gasteiger partial charge >= 0.3 is 18.0 Å². The van der Waals surface area contributed by atoms with Gasteiger partial charge in [0.2, 0.25) is 0 Å². The number of nitrogens with one attached hydrogen (secondary N) is 2. The monoisotopic (exact) mass is 368 g/mol. The summed E-state index contributed by atoms with van der Waals surface area (Å²) in [5.41, 5.74) is 0.147. The van der Waals surface area contributed by atoms with Crippen LogP contribution in [0.3, 0.4) is 0 Å². The minimum Gasteiger partial charge on any atom is -0.507 e. The molecule has 9 heteroatoms. The summed E-state index contributed by atoms with van der Waals surface area (Å²) in [5, 5.41) is 14.9. The normalized spacial score (nSPS) is 16.8. The number of carbonyl (C=O) groups excluding carboxylic acids is 3. The van der Waals surface area contributed by atoms with E-state index in [0.717, 1.165) is 0 Å². The average molecular weight is 369 g/mol. The van der Waals surface area contributed by atoms with Crippen LogP contribution in [-0.4, -0.2) is 42.3 Å². The Kier molecular flexibility index (Phi) is 5.87. The lowest BCUT2D eigenvalue weighted by molar-refractivity contribution is -0.139. The molecule has 1 aliphatic rings. The molecule has 0 saturated heterocycles. The lowest BCUT2D eigenvalue weighted by Gasteiger charge is -2.26. The van der Waals surface area contributed by atoms with Crippen molar-refractivity contribution in [1.29, 1.82) is 0 Å². The average Bonchev–Trinajstić information content (AvgIpc) is 2.54. The van der Waals surface area contributed by atoms with Gasteiger partial charge < -0.3 is 25.2 Å². The third kappa shape index (κ3) is 4.42. The first-order valence-corrected chi connectivity index (χ1v) is 7.84. The Morgan fingerprint density at radius 3 is 2.68 bits per heavy atom. The van der Waals surface area contributed by atoms with Crippen LogP contribution in [0.5, 0.6) is 5.75 Å². The number of halogens is 1. The van der Waals surface area contributed by atoms with Crippen LogP contribution < -0.4 is 10.6 Å². The number of rotatable bonds is 5. The van der Waals surface area contributed by atoms with E-state index in [1.807, 2.05) is 0 Å². The molecule has 0 radical (unpaired) electrons. The van der Waals surface area contributed by atoms with Crippen LogP contribution >= 0.6 is 11.6 Å². The second-order valence-corrected chi connectivity index (χ2v) is 5.61. The smallest absolute Gasteiger partial charge is 0.342 e. The molecule has 2 amide bonds. The third-order valence-corrected chi connectivity index (χ3v) is 3.63. The van der Waals surface area contributed by atoms with Crippen molar-refractivity contribution < 1.29 is 29.0 Å². The van der Waals surface area contributed by atoms with Gasteiger partial charge in [-0.15, -0.1) is 0 Å². The summed E-state index contributed by atoms with van der Waals surface area (Å²) >= 11 is 5.79. The van der Waals surface area contributed by atoms with Crippen LogP contribution in [0.1, 0.15) is 24.2 Å². The first-order valence-electron chi connectivity index (χ1n) is 7.46. The highest BCUT2D eigenvalue weighted by Gasteiger charge is 2.30. The molecule has 1 aromatic rings. The van der Waals surface area contributed by atoms with Crippen molar-refractivity contribution in [3.8, 4) is 5.75 Å². The Morgan fingerprint density at radius 1 is 1.28 bits per heavy atom. The topological polar surface area (TPSA) is 114 Å². The zero-order valence-electron chi connectivity index (χ0n) is 13.6. The molecule has 2 rings (SSSR count). The van der Waals surface area contributed by atoms with Crippen LogP contribution in [0.25, 0.3) is 0 Å². The fourth-order valence-electron chi connectivity index (χ4n) is 2.28. The zero-order chi connectivity index (χ0) is 18.6. The summed E-state index contributed by atoms with van der Waals surface area (Å²) < 4.78 is 10.1. The van der Waals surface area contributed by atoms with Crippen LogP contribution in [0, 0.1) is 0 Å². The van der Waals surface area contributed by atoms with E-state index in [4.69, 9.17) is 21.1 Å². The highest BCUT2D eigenvalue weighted by atomic mass is 35.5. The maximum Gasteiger partial charge on any atom is 0.342 e. The van der Waals surface area contributed by atoms with Gasteiger partial charge in [0.1, 0.15) is 17.9 Å². The highest BCUT2D eigenvalue weighted by Crippen LogP contribution is 2.23. The molecule has 1 unspecified atom stereocenters. The third-order valence-electron chi connectivity index (χ3n) is 3.39. The van der Waals surface area contributed by atoms with E-state index in [1.165, 1.54) is 18.2 Å². The fraction of sp³-hybridized carbons (Fsp3) is 0.312. The number of ether oxygens (including phenoxy) is 2. The summed E-state index contributed by atoms with van der Waals surface area (Å²) in [6.45, 7) is 3.04. The molecule has 0 bridgehead atoms. The molecular formula is C16H17ClN2O6. The van der Waals surface area contributed by atoms with Crippen molar-refractivity contribution in [2.45, 2.75) is 19.9 Å². The van der Waals surface area contributed by atoms with Gasteiger partial charge in [0.05, 0.1) is 23.9 Å². The number of carbonyl (C=O) groups is 3. The van der Waals surface area contributed by atoms with Crippen molar-refractivity contribution in [1.82, 2.24) is 10.6 Å². The molecule has 134 valence electrons. The molecular weight excluding hydrogens is 352 g/mol. The summed E-state index contributed by atoms with van der Waals surface area (Å²) in [6.07, 6.45) is 0. The van der Waals surface area contributed by atoms with Gasteiger partial charge in [-0.2, -0.15) is 0 Å². The molecule has 0 spiro atoms. The number of phenols is 1. The molecule has 0 aliphatic carbocycles. The Morgan fingerprint density at radius 2 is 2.00 bits per heavy atom. The number of phenolic OH excluding ortho intramolecular Hbond substituents is 1. The molecule has 3 N–H and O–H groups in total. The Hall–Kier alpha value is -2.74. The summed E-state index contributed by atoms with van der Waals surface area (Å²) in [4.78, 5) is 35.8. The number of urea groups is 1. The van der Waals surface area contributed by atoms with Crippen molar-refractivity contribution >= 4 is 29.6 Å². The van der Waals surface area contributed by atoms with Crippen molar-refractivity contribution in [2.24, 2.45) is 0 Å². The molecule has 1 heterocycles. The molecule has 1 aliphatic heterocycles. The van der Waals surface area contributed by atoms with Gasteiger partial charge in [-0.3, -0.25) is 0 Å². The molecule has 25 heavy (non-hydrogen) atoms. The minimum absolute atomic E-state index is 0.115. The summed E-state index contributed by atoms with van der Waals surface area (Å²) in [5.74, 6) is -1.77. The second-order valence-electron chi connectivity index (χ2n) is 5.17. The second kappa shape index (κ2) is 7.89. The maximum atomic E-state index is 12.1. The molecule has 1 atom stereocenters. The van der Waals surface area contributed by atoms with Crippen LogP contribution in [0.2, 0.25) is 5.02 Å². The van der Waals surface area contributed by atoms with E-state index in [0.29, 0.717) is 0 Å². The van der Waals surface area contributed by atoms with E-state index >= 15 is 0 Å². The summed E-state index contributed by atoms with van der Waals surface area (Å²) in [7, 11) is 0. The predicted molar refractivity (Wildman–Crippen MR) is 88.2 cm³/mol. The largest absolute Gasteiger partial charge is 0.507 e. The predicted octanol–water partition coefficient (Wildman–Crippen LogP) is 1.72. The number of hydrogen-bond acceptors (Lipinski definition) is 6. The number of aromatic hydroxyl groups is 1. The number of benzene rings is 1. The maximum absolute atomic E-state index is 12.1. The van der Waals surface area contributed by atoms with Gasteiger partial charge in [-0.05, 0) is 32.0 Å². The van der Waals surface area contributed by atoms with E-state index in [-0.39, 0.29) is 40.8 Å². The molecule has 0 saturated carbocycles. The van der Waals surface area contributed by atoms with E-state index in [1.54, 1.807) is 13.8 Å². The quantitative estimate of drug-likeness (QED) is 0.682. The molecule has 0 aromatic heterocycles. The van der Waals surface area contributed by atoms with Gasteiger partial charge in [-0.25, -0.2) is 14.4 Å². The minimum atomic E-state index is -0.851. The Bertz CT molecular complexity index is 746. The van der Waals surface area contributed by atoms with Crippen molar-refractivity contribution in [3.05, 3.63) is 40.1 Å². The number of esters is 2. The molecule has 0 fully saturated rings. The van der Waals surface area contributed by atoms with Gasteiger partial charge in [0, 0.05) is 5.02 Å². The fourth-order valence-corrected chi connectivity index (χ4v) is 2.45. The zero-order valence-corrected chi connectivity index (χ0v) is 14.3. The number of amides is 2. The molecule has 1 aromatic carbocycles. The lowest BCUT2D eigenvalue weighted by atomic mass is 10.0. The SMILES string of the molecule is CCOC(=O)C1=C(COC(=O)c2cc(Cl)ccc2O)NC(=O)NC1C. The van der Waals surface area contributed by atoms with Crippen molar-refractivity contribution in [2.75, 3.05) is 13.2 Å². The standard InChI is InChI=1S/C16H17ClN2O6/c1-3-24-15(22)13-8(2)18-16(23)19-11(13)7-25-14(21)10-6-9(17)4-5-12(10)20/h4-6,8,20H,3,7H2,1-2H3,(H2,18,19,23). The first kappa shape index (κ1) is 18.6. The number of hydrogen-bond donors (Lipinski definition) is 3. The Labute approximate surface area is 148 Å². The van der Waals surface area contributed by atoms with Gasteiger partial charge in [0.25, 0.3) is 0 Å². The molecule has 8 nitrogen and oxygen atoms in total. The van der Waals surface area contributed by atoms with Crippen LogP contribution in [0.15, 0.2) is 29.5 Å². The van der Waals surface area contributed by atoms with Crippen LogP contribution in [0.4, 0.5) is 4.79 Å². The van der Waals surface area contributed by atoms with E-state index < -0.39 is 24.0 Å². The van der Waals surface area contributed by atoms with Crippen molar-refractivity contribution in [3.63, 3.8) is 0 Å². The van der Waals surface area contributed by atoms with Crippen LogP contribution in [-0.2, 0) is 14.3 Å².